The average molecular weight is 380 g/mol. The van der Waals surface area contributed by atoms with E-state index in [1.807, 2.05) is 31.2 Å². The van der Waals surface area contributed by atoms with Crippen molar-refractivity contribution in [3.8, 4) is 5.75 Å². The summed E-state index contributed by atoms with van der Waals surface area (Å²) in [6, 6.07) is 15.8. The molecule has 0 aliphatic carbocycles. The van der Waals surface area contributed by atoms with Crippen LogP contribution in [0.5, 0.6) is 5.75 Å². The molecule has 6 heteroatoms. The summed E-state index contributed by atoms with van der Waals surface area (Å²) < 4.78 is 5.17. The Morgan fingerprint density at radius 1 is 1.11 bits per heavy atom. The highest BCUT2D eigenvalue weighted by Gasteiger charge is 2.11. The summed E-state index contributed by atoms with van der Waals surface area (Å²) in [5.74, 6) is 0.541. The zero-order chi connectivity index (χ0) is 19.8. The molecule has 0 radical (unpaired) electrons. The van der Waals surface area contributed by atoms with Gasteiger partial charge in [-0.15, -0.1) is 0 Å². The first-order valence-corrected chi connectivity index (χ1v) is 9.72. The molecule has 3 rings (SSSR count). The highest BCUT2D eigenvalue weighted by atomic mass is 16.5. The molecule has 0 unspecified atom stereocenters. The van der Waals surface area contributed by atoms with E-state index in [4.69, 9.17) is 4.74 Å². The highest BCUT2D eigenvalue weighted by molar-refractivity contribution is 5.99. The molecule has 6 nitrogen and oxygen atoms in total. The molecular formula is C22H28N4O2. The van der Waals surface area contributed by atoms with Crippen molar-refractivity contribution in [3.05, 3.63) is 54.1 Å². The van der Waals surface area contributed by atoms with Crippen molar-refractivity contribution in [2.75, 3.05) is 37.0 Å². The Kier molecular flexibility index (Phi) is 6.89. The van der Waals surface area contributed by atoms with Crippen molar-refractivity contribution in [3.63, 3.8) is 0 Å². The van der Waals surface area contributed by atoms with Crippen LogP contribution in [0.2, 0.25) is 0 Å². The van der Waals surface area contributed by atoms with Gasteiger partial charge in [0.15, 0.2) is 0 Å². The fourth-order valence-corrected chi connectivity index (χ4v) is 3.23. The molecule has 1 fully saturated rings. The second-order valence-corrected chi connectivity index (χ2v) is 6.91. The monoisotopic (exact) mass is 380 g/mol. The molecule has 2 N–H and O–H groups in total. The van der Waals surface area contributed by atoms with Crippen molar-refractivity contribution in [2.24, 2.45) is 5.10 Å². The molecule has 148 valence electrons. The molecule has 1 heterocycles. The molecular weight excluding hydrogens is 352 g/mol. The van der Waals surface area contributed by atoms with E-state index in [-0.39, 0.29) is 12.5 Å². The fraction of sp³-hybridized carbons (Fsp3) is 0.364. The van der Waals surface area contributed by atoms with Crippen molar-refractivity contribution < 1.29 is 9.53 Å². The number of hydrogen-bond donors (Lipinski definition) is 2. The number of amides is 1. The zero-order valence-corrected chi connectivity index (χ0v) is 16.6. The number of ether oxygens (including phenoxy) is 1. The molecule has 1 aliphatic rings. The summed E-state index contributed by atoms with van der Waals surface area (Å²) in [6.45, 7) is 4.29. The lowest BCUT2D eigenvalue weighted by atomic mass is 10.1. The van der Waals surface area contributed by atoms with E-state index in [9.17, 15) is 4.79 Å². The number of benzene rings is 2. The molecule has 2 aromatic rings. The molecule has 0 spiro atoms. The van der Waals surface area contributed by atoms with Gasteiger partial charge in [-0.05, 0) is 56.0 Å². The van der Waals surface area contributed by atoms with E-state index >= 15 is 0 Å². The van der Waals surface area contributed by atoms with Crippen molar-refractivity contribution in [1.29, 1.82) is 0 Å². The van der Waals surface area contributed by atoms with Gasteiger partial charge in [-0.1, -0.05) is 18.2 Å². The van der Waals surface area contributed by atoms with Crippen molar-refractivity contribution in [2.45, 2.75) is 26.2 Å². The number of piperidine rings is 1. The Morgan fingerprint density at radius 3 is 2.57 bits per heavy atom. The first kappa shape index (κ1) is 19.7. The predicted octanol–water partition coefficient (Wildman–Crippen LogP) is 3.64. The summed E-state index contributed by atoms with van der Waals surface area (Å²) in [4.78, 5) is 14.5. The van der Waals surface area contributed by atoms with Gasteiger partial charge in [0.25, 0.3) is 5.91 Å². The molecule has 0 atom stereocenters. The Labute approximate surface area is 166 Å². The summed E-state index contributed by atoms with van der Waals surface area (Å²) >= 11 is 0. The Bertz CT molecular complexity index is 812. The topological polar surface area (TPSA) is 66.0 Å². The molecule has 0 bridgehead atoms. The number of carbonyl (C=O) groups is 1. The number of rotatable bonds is 7. The van der Waals surface area contributed by atoms with Crippen LogP contribution in [-0.2, 0) is 4.79 Å². The van der Waals surface area contributed by atoms with Gasteiger partial charge in [-0.2, -0.15) is 5.10 Å². The third-order valence-corrected chi connectivity index (χ3v) is 4.88. The summed E-state index contributed by atoms with van der Waals surface area (Å²) in [5.41, 5.74) is 6.46. The van der Waals surface area contributed by atoms with Crippen LogP contribution in [0.25, 0.3) is 0 Å². The van der Waals surface area contributed by atoms with Gasteiger partial charge in [-0.3, -0.25) is 4.79 Å². The van der Waals surface area contributed by atoms with Crippen LogP contribution in [0, 0.1) is 0 Å². The van der Waals surface area contributed by atoms with Crippen LogP contribution in [0.3, 0.4) is 0 Å². The average Bonchev–Trinajstić information content (AvgIpc) is 2.77. The molecule has 1 aliphatic heterocycles. The van der Waals surface area contributed by atoms with Crippen LogP contribution in [0.4, 0.5) is 11.4 Å². The first-order chi connectivity index (χ1) is 13.7. The van der Waals surface area contributed by atoms with E-state index in [0.29, 0.717) is 0 Å². The van der Waals surface area contributed by atoms with Gasteiger partial charge >= 0.3 is 0 Å². The van der Waals surface area contributed by atoms with Gasteiger partial charge in [0.2, 0.25) is 0 Å². The maximum atomic E-state index is 12.0. The second-order valence-electron chi connectivity index (χ2n) is 6.91. The number of hydrogen-bond acceptors (Lipinski definition) is 5. The standard InChI is InChI=1S/C22H28N4O2/c1-17(18-9-11-20(12-10-18)26-13-4-3-5-14-26)24-25-22(27)16-23-19-7-6-8-21(15-19)28-2/h6-12,15,23H,3-5,13-14,16H2,1-2H3,(H,25,27)/b24-17-. The van der Waals surface area contributed by atoms with Crippen molar-refractivity contribution in [1.82, 2.24) is 5.43 Å². The Balaban J connectivity index is 1.50. The van der Waals surface area contributed by atoms with Crippen LogP contribution >= 0.6 is 0 Å². The van der Waals surface area contributed by atoms with Gasteiger partial charge in [0, 0.05) is 30.5 Å². The number of anilines is 2. The smallest absolute Gasteiger partial charge is 0.259 e. The van der Waals surface area contributed by atoms with E-state index < -0.39 is 0 Å². The maximum Gasteiger partial charge on any atom is 0.259 e. The molecule has 2 aromatic carbocycles. The lowest BCUT2D eigenvalue weighted by molar-refractivity contribution is -0.119. The molecule has 28 heavy (non-hydrogen) atoms. The number of nitrogens with zero attached hydrogens (tertiary/aromatic N) is 2. The zero-order valence-electron chi connectivity index (χ0n) is 16.6. The minimum atomic E-state index is -0.202. The lowest BCUT2D eigenvalue weighted by Crippen LogP contribution is -2.29. The van der Waals surface area contributed by atoms with Gasteiger partial charge in [0.1, 0.15) is 5.75 Å². The predicted molar refractivity (Wildman–Crippen MR) is 114 cm³/mol. The van der Waals surface area contributed by atoms with E-state index in [1.54, 1.807) is 7.11 Å². The van der Waals surface area contributed by atoms with E-state index in [2.05, 4.69) is 45.0 Å². The number of hydrazone groups is 1. The summed E-state index contributed by atoms with van der Waals surface area (Å²) in [7, 11) is 1.61. The Morgan fingerprint density at radius 2 is 1.86 bits per heavy atom. The van der Waals surface area contributed by atoms with Crippen LogP contribution < -0.4 is 20.4 Å². The summed E-state index contributed by atoms with van der Waals surface area (Å²) in [6.07, 6.45) is 3.85. The third-order valence-electron chi connectivity index (χ3n) is 4.88. The van der Waals surface area contributed by atoms with Gasteiger partial charge in [0.05, 0.1) is 19.4 Å². The largest absolute Gasteiger partial charge is 0.497 e. The normalized spacial score (nSPS) is 14.5. The minimum Gasteiger partial charge on any atom is -0.497 e. The Hall–Kier alpha value is -3.02. The molecule has 1 saturated heterocycles. The SMILES string of the molecule is COc1cccc(NCC(=O)N/N=C(/C)c2ccc(N3CCCCC3)cc2)c1. The van der Waals surface area contributed by atoms with Gasteiger partial charge < -0.3 is 15.0 Å². The van der Waals surface area contributed by atoms with Crippen LogP contribution in [0.15, 0.2) is 53.6 Å². The number of methoxy groups -OCH3 is 1. The minimum absolute atomic E-state index is 0.137. The van der Waals surface area contributed by atoms with Crippen LogP contribution in [-0.4, -0.2) is 38.4 Å². The van der Waals surface area contributed by atoms with Crippen LogP contribution in [0.1, 0.15) is 31.7 Å². The fourth-order valence-electron chi connectivity index (χ4n) is 3.23. The number of carbonyl (C=O) groups excluding carboxylic acids is 1. The van der Waals surface area contributed by atoms with E-state index in [0.717, 1.165) is 35.8 Å². The van der Waals surface area contributed by atoms with Gasteiger partial charge in [-0.25, -0.2) is 5.43 Å². The number of nitrogens with one attached hydrogen (secondary N) is 2. The van der Waals surface area contributed by atoms with E-state index in [1.165, 1.54) is 24.9 Å². The molecule has 1 amide bonds. The second kappa shape index (κ2) is 9.78. The molecule has 0 saturated carbocycles. The summed E-state index contributed by atoms with van der Waals surface area (Å²) in [5, 5.41) is 7.28. The third kappa shape index (κ3) is 5.49. The first-order valence-electron chi connectivity index (χ1n) is 9.72. The van der Waals surface area contributed by atoms with Crippen molar-refractivity contribution >= 4 is 23.0 Å². The molecule has 0 aromatic heterocycles. The highest BCUT2D eigenvalue weighted by Crippen LogP contribution is 2.20. The lowest BCUT2D eigenvalue weighted by Gasteiger charge is -2.28. The quantitative estimate of drug-likeness (QED) is 0.569. The maximum absolute atomic E-state index is 12.0.